The molecule has 2 heterocycles. The third kappa shape index (κ3) is 4.67. The Labute approximate surface area is 155 Å². The molecule has 0 aliphatic heterocycles. The summed E-state index contributed by atoms with van der Waals surface area (Å²) in [6.07, 6.45) is 7.43. The normalized spacial score (nSPS) is 10.8. The Bertz CT molecular complexity index is 827. The number of nitrogens with zero attached hydrogens (tertiary/aromatic N) is 3. The summed E-state index contributed by atoms with van der Waals surface area (Å²) in [4.78, 5) is 21.6. The molecule has 0 bridgehead atoms. The van der Waals surface area contributed by atoms with Crippen molar-refractivity contribution in [1.82, 2.24) is 19.9 Å². The number of aromatic nitrogens is 3. The third-order valence-corrected chi connectivity index (χ3v) is 5.24. The molecule has 3 aromatic rings. The maximum atomic E-state index is 12.4. The van der Waals surface area contributed by atoms with Crippen molar-refractivity contribution in [2.45, 2.75) is 26.3 Å². The van der Waals surface area contributed by atoms with Crippen LogP contribution in [0.15, 0.2) is 43.0 Å². The fourth-order valence-corrected chi connectivity index (χ4v) is 3.56. The first-order valence-electron chi connectivity index (χ1n) is 8.11. The lowest BCUT2D eigenvalue weighted by Crippen LogP contribution is -2.24. The van der Waals surface area contributed by atoms with Crippen LogP contribution in [0.1, 0.15) is 28.2 Å². The minimum atomic E-state index is -0.0576. The smallest absolute Gasteiger partial charge is 0.263 e. The number of nitrogens with one attached hydrogen (secondary N) is 1. The van der Waals surface area contributed by atoms with Gasteiger partial charge in [0.05, 0.1) is 12.0 Å². The highest BCUT2D eigenvalue weighted by Gasteiger charge is 2.15. The number of thiazole rings is 1. The average Bonchev–Trinajstić information content (AvgIpc) is 3.25. The van der Waals surface area contributed by atoms with Crippen LogP contribution in [0.4, 0.5) is 0 Å². The Hall–Kier alpha value is -2.18. The van der Waals surface area contributed by atoms with Crippen molar-refractivity contribution in [3.8, 4) is 10.6 Å². The Morgan fingerprint density at radius 3 is 2.80 bits per heavy atom. The summed E-state index contributed by atoms with van der Waals surface area (Å²) in [5.41, 5.74) is 1.72. The van der Waals surface area contributed by atoms with Crippen molar-refractivity contribution < 1.29 is 4.79 Å². The molecule has 25 heavy (non-hydrogen) atoms. The first kappa shape index (κ1) is 17.6. The summed E-state index contributed by atoms with van der Waals surface area (Å²) in [6.45, 7) is 3.43. The molecule has 0 aliphatic carbocycles. The van der Waals surface area contributed by atoms with Gasteiger partial charge in [0.15, 0.2) is 0 Å². The van der Waals surface area contributed by atoms with Gasteiger partial charge in [0.2, 0.25) is 0 Å². The monoisotopic (exact) mass is 374 g/mol. The van der Waals surface area contributed by atoms with Crippen LogP contribution in [-0.4, -0.2) is 27.0 Å². The van der Waals surface area contributed by atoms with Gasteiger partial charge in [-0.15, -0.1) is 11.3 Å². The average molecular weight is 375 g/mol. The minimum absolute atomic E-state index is 0.0576. The molecule has 130 valence electrons. The number of amides is 1. The van der Waals surface area contributed by atoms with Gasteiger partial charge >= 0.3 is 0 Å². The Balaban J connectivity index is 1.52. The minimum Gasteiger partial charge on any atom is -0.351 e. The Morgan fingerprint density at radius 1 is 1.28 bits per heavy atom. The highest BCUT2D eigenvalue weighted by Crippen LogP contribution is 2.28. The van der Waals surface area contributed by atoms with Crippen molar-refractivity contribution in [3.63, 3.8) is 0 Å². The Kier molecular flexibility index (Phi) is 5.83. The zero-order valence-electron chi connectivity index (χ0n) is 13.9. The first-order valence-corrected chi connectivity index (χ1v) is 9.30. The van der Waals surface area contributed by atoms with E-state index in [1.165, 1.54) is 11.3 Å². The molecule has 1 aromatic carbocycles. The topological polar surface area (TPSA) is 59.8 Å². The molecule has 0 spiro atoms. The van der Waals surface area contributed by atoms with Crippen LogP contribution in [-0.2, 0) is 6.54 Å². The SMILES string of the molecule is Cc1nc(-c2ccc(Cl)cc2)sc1C(=O)NCCCCn1ccnc1. The van der Waals surface area contributed by atoms with Crippen LogP contribution >= 0.6 is 22.9 Å². The van der Waals surface area contributed by atoms with Gasteiger partial charge in [0.1, 0.15) is 9.88 Å². The molecule has 0 saturated heterocycles. The van der Waals surface area contributed by atoms with E-state index < -0.39 is 0 Å². The summed E-state index contributed by atoms with van der Waals surface area (Å²) in [5, 5.41) is 4.50. The number of benzene rings is 1. The van der Waals surface area contributed by atoms with Crippen LogP contribution in [0, 0.1) is 6.92 Å². The van der Waals surface area contributed by atoms with Crippen LogP contribution in [0.25, 0.3) is 10.6 Å². The number of unbranched alkanes of at least 4 members (excludes halogenated alkanes) is 1. The number of carbonyl (C=O) groups is 1. The van der Waals surface area contributed by atoms with E-state index in [0.717, 1.165) is 35.7 Å². The third-order valence-electron chi connectivity index (χ3n) is 3.78. The second kappa shape index (κ2) is 8.27. The standard InChI is InChI=1S/C18H19ClN4OS/c1-13-16(25-18(22-13)14-4-6-15(19)7-5-14)17(24)21-8-2-3-10-23-11-9-20-12-23/h4-7,9,11-12H,2-3,8,10H2,1H3,(H,21,24). The summed E-state index contributed by atoms with van der Waals surface area (Å²) in [6, 6.07) is 7.48. The van der Waals surface area contributed by atoms with E-state index in [1.54, 1.807) is 12.5 Å². The second-order valence-electron chi connectivity index (χ2n) is 5.70. The molecule has 0 unspecified atom stereocenters. The van der Waals surface area contributed by atoms with Crippen LogP contribution in [0.5, 0.6) is 0 Å². The molecule has 3 rings (SSSR count). The van der Waals surface area contributed by atoms with Gasteiger partial charge in [-0.25, -0.2) is 9.97 Å². The van der Waals surface area contributed by atoms with Crippen molar-refractivity contribution in [2.75, 3.05) is 6.54 Å². The number of imidazole rings is 1. The molecule has 0 fully saturated rings. The van der Waals surface area contributed by atoms with Crippen LogP contribution in [0.3, 0.4) is 0 Å². The van der Waals surface area contributed by atoms with Gasteiger partial charge in [0.25, 0.3) is 5.91 Å². The number of rotatable bonds is 7. The van der Waals surface area contributed by atoms with Gasteiger partial charge in [-0.1, -0.05) is 23.7 Å². The lowest BCUT2D eigenvalue weighted by atomic mass is 10.2. The first-order chi connectivity index (χ1) is 12.1. The van der Waals surface area contributed by atoms with Gasteiger partial charge in [0, 0.05) is 36.1 Å². The summed E-state index contributed by atoms with van der Waals surface area (Å²) < 4.78 is 2.04. The van der Waals surface area contributed by atoms with Gasteiger partial charge < -0.3 is 9.88 Å². The van der Waals surface area contributed by atoms with Crippen molar-refractivity contribution in [2.24, 2.45) is 0 Å². The quantitative estimate of drug-likeness (QED) is 0.631. The molecule has 1 N–H and O–H groups in total. The van der Waals surface area contributed by atoms with Gasteiger partial charge in [-0.05, 0) is 31.9 Å². The molecule has 7 heteroatoms. The zero-order valence-corrected chi connectivity index (χ0v) is 15.5. The van der Waals surface area contributed by atoms with Crippen molar-refractivity contribution >= 4 is 28.8 Å². The lowest BCUT2D eigenvalue weighted by Gasteiger charge is -2.04. The fraction of sp³-hybridized carbons (Fsp3) is 0.278. The van der Waals surface area contributed by atoms with E-state index >= 15 is 0 Å². The second-order valence-corrected chi connectivity index (χ2v) is 7.14. The summed E-state index contributed by atoms with van der Waals surface area (Å²) >= 11 is 7.33. The summed E-state index contributed by atoms with van der Waals surface area (Å²) in [7, 11) is 0. The van der Waals surface area contributed by atoms with E-state index in [1.807, 2.05) is 42.0 Å². The number of aryl methyl sites for hydroxylation is 2. The summed E-state index contributed by atoms with van der Waals surface area (Å²) in [5.74, 6) is -0.0576. The molecular formula is C18H19ClN4OS. The molecular weight excluding hydrogens is 356 g/mol. The number of hydrogen-bond donors (Lipinski definition) is 1. The molecule has 0 aliphatic rings. The fourth-order valence-electron chi connectivity index (χ4n) is 2.44. The molecule has 0 saturated carbocycles. The van der Waals surface area contributed by atoms with Gasteiger partial charge in [-0.3, -0.25) is 4.79 Å². The maximum absolute atomic E-state index is 12.4. The van der Waals surface area contributed by atoms with E-state index in [-0.39, 0.29) is 5.91 Å². The molecule has 2 aromatic heterocycles. The number of carbonyl (C=O) groups excluding carboxylic acids is 1. The molecule has 0 atom stereocenters. The highest BCUT2D eigenvalue weighted by atomic mass is 35.5. The van der Waals surface area contributed by atoms with E-state index in [4.69, 9.17) is 11.6 Å². The van der Waals surface area contributed by atoms with Crippen molar-refractivity contribution in [1.29, 1.82) is 0 Å². The predicted molar refractivity (Wildman–Crippen MR) is 101 cm³/mol. The lowest BCUT2D eigenvalue weighted by molar-refractivity contribution is 0.0956. The predicted octanol–water partition coefficient (Wildman–Crippen LogP) is 4.18. The Morgan fingerprint density at radius 2 is 2.08 bits per heavy atom. The van der Waals surface area contributed by atoms with E-state index in [2.05, 4.69) is 15.3 Å². The number of hydrogen-bond acceptors (Lipinski definition) is 4. The molecule has 0 radical (unpaired) electrons. The van der Waals surface area contributed by atoms with Crippen LogP contribution < -0.4 is 5.32 Å². The maximum Gasteiger partial charge on any atom is 0.263 e. The highest BCUT2D eigenvalue weighted by molar-refractivity contribution is 7.17. The van der Waals surface area contributed by atoms with E-state index in [0.29, 0.717) is 16.4 Å². The van der Waals surface area contributed by atoms with Crippen LogP contribution in [0.2, 0.25) is 5.02 Å². The largest absolute Gasteiger partial charge is 0.351 e. The zero-order chi connectivity index (χ0) is 17.6. The van der Waals surface area contributed by atoms with Gasteiger partial charge in [-0.2, -0.15) is 0 Å². The van der Waals surface area contributed by atoms with Crippen molar-refractivity contribution in [3.05, 3.63) is 58.6 Å². The van der Waals surface area contributed by atoms with E-state index in [9.17, 15) is 4.79 Å². The molecule has 5 nitrogen and oxygen atoms in total. The number of halogens is 1. The molecule has 1 amide bonds.